The Morgan fingerprint density at radius 1 is 1.57 bits per heavy atom. The second-order valence-corrected chi connectivity index (χ2v) is 3.25. The van der Waals surface area contributed by atoms with E-state index in [1.165, 1.54) is 0 Å². The van der Waals surface area contributed by atoms with Crippen molar-refractivity contribution in [2.24, 2.45) is 0 Å². The maximum absolute atomic E-state index is 5.23. The van der Waals surface area contributed by atoms with E-state index < -0.39 is 0 Å². The Kier molecular flexibility index (Phi) is 4.74. The lowest BCUT2D eigenvalue weighted by molar-refractivity contribution is 0.522. The molecule has 0 aliphatic carbocycles. The van der Waals surface area contributed by atoms with Gasteiger partial charge in [-0.05, 0) is 25.6 Å². The molecule has 1 unspecified atom stereocenters. The fourth-order valence-electron chi connectivity index (χ4n) is 1.38. The third-order valence-electron chi connectivity index (χ3n) is 2.23. The molecule has 0 aliphatic rings. The lowest BCUT2D eigenvalue weighted by Crippen LogP contribution is -2.27. The second-order valence-electron chi connectivity index (χ2n) is 3.25. The first-order chi connectivity index (χ1) is 6.86. The van der Waals surface area contributed by atoms with Crippen LogP contribution in [0, 0.1) is 12.3 Å². The van der Waals surface area contributed by atoms with Crippen LogP contribution in [0.5, 0.6) is 0 Å². The van der Waals surface area contributed by atoms with Crippen molar-refractivity contribution in [2.45, 2.75) is 25.3 Å². The summed E-state index contributed by atoms with van der Waals surface area (Å²) in [4.78, 5) is 4.28. The molecule has 1 aromatic heterocycles. The average molecular weight is 188 g/mol. The van der Waals surface area contributed by atoms with Crippen LogP contribution < -0.4 is 5.32 Å². The van der Waals surface area contributed by atoms with Gasteiger partial charge in [-0.1, -0.05) is 6.07 Å². The van der Waals surface area contributed by atoms with Crippen LogP contribution in [0.4, 0.5) is 0 Å². The third kappa shape index (κ3) is 3.59. The highest BCUT2D eigenvalue weighted by Gasteiger charge is 2.06. The van der Waals surface area contributed by atoms with Crippen LogP contribution in [0.2, 0.25) is 0 Å². The fraction of sp³-hybridized carbons (Fsp3) is 0.417. The first kappa shape index (κ1) is 10.7. The van der Waals surface area contributed by atoms with E-state index in [1.54, 1.807) is 0 Å². The molecule has 0 amide bonds. The second kappa shape index (κ2) is 6.17. The summed E-state index contributed by atoms with van der Waals surface area (Å²) in [6.45, 7) is 0. The van der Waals surface area contributed by atoms with Gasteiger partial charge >= 0.3 is 0 Å². The summed E-state index contributed by atoms with van der Waals surface area (Å²) in [6.07, 6.45) is 9.82. The summed E-state index contributed by atoms with van der Waals surface area (Å²) in [5.41, 5.74) is 1.11. The lowest BCUT2D eigenvalue weighted by atomic mass is 10.1. The molecule has 2 nitrogen and oxygen atoms in total. The molecular formula is C12H16N2. The summed E-state index contributed by atoms with van der Waals surface area (Å²) < 4.78 is 0. The lowest BCUT2D eigenvalue weighted by Gasteiger charge is -2.13. The molecule has 0 saturated heterocycles. The van der Waals surface area contributed by atoms with Crippen molar-refractivity contribution in [1.29, 1.82) is 0 Å². The first-order valence-corrected chi connectivity index (χ1v) is 4.87. The number of rotatable bonds is 5. The van der Waals surface area contributed by atoms with Crippen LogP contribution >= 0.6 is 0 Å². The predicted molar refractivity (Wildman–Crippen MR) is 58.9 cm³/mol. The smallest absolute Gasteiger partial charge is 0.0419 e. The number of terminal acetylenes is 1. The van der Waals surface area contributed by atoms with Crippen LogP contribution in [-0.2, 0) is 6.42 Å². The van der Waals surface area contributed by atoms with E-state index in [0.29, 0.717) is 6.04 Å². The number of nitrogens with one attached hydrogen (secondary N) is 1. The van der Waals surface area contributed by atoms with E-state index in [4.69, 9.17) is 6.42 Å². The third-order valence-corrected chi connectivity index (χ3v) is 2.23. The quantitative estimate of drug-likeness (QED) is 0.710. The highest BCUT2D eigenvalue weighted by molar-refractivity contribution is 5.05. The molecule has 1 rings (SSSR count). The van der Waals surface area contributed by atoms with Gasteiger partial charge < -0.3 is 5.32 Å². The molecule has 1 N–H and O–H groups in total. The minimum Gasteiger partial charge on any atom is -0.317 e. The summed E-state index contributed by atoms with van der Waals surface area (Å²) in [5.74, 6) is 2.66. The van der Waals surface area contributed by atoms with Gasteiger partial charge in [0.2, 0.25) is 0 Å². The minimum atomic E-state index is 0.431. The zero-order valence-corrected chi connectivity index (χ0v) is 8.53. The van der Waals surface area contributed by atoms with Gasteiger partial charge in [0.1, 0.15) is 0 Å². The number of nitrogens with zero attached hydrogens (tertiary/aromatic N) is 1. The van der Waals surface area contributed by atoms with E-state index in [2.05, 4.69) is 16.2 Å². The van der Waals surface area contributed by atoms with E-state index in [0.717, 1.165) is 25.0 Å². The van der Waals surface area contributed by atoms with Crippen molar-refractivity contribution in [2.75, 3.05) is 7.05 Å². The number of likely N-dealkylation sites (N-methyl/N-ethyl adjacent to an activating group) is 1. The number of hydrogen-bond acceptors (Lipinski definition) is 2. The van der Waals surface area contributed by atoms with Crippen molar-refractivity contribution in [1.82, 2.24) is 10.3 Å². The van der Waals surface area contributed by atoms with Crippen molar-refractivity contribution in [3.05, 3.63) is 30.1 Å². The number of pyridine rings is 1. The Balaban J connectivity index is 2.45. The van der Waals surface area contributed by atoms with E-state index >= 15 is 0 Å². The molecule has 0 saturated carbocycles. The molecule has 0 spiro atoms. The maximum Gasteiger partial charge on any atom is 0.0419 e. The molecule has 0 fully saturated rings. The molecule has 1 aromatic rings. The Labute approximate surface area is 85.8 Å². The molecule has 74 valence electrons. The topological polar surface area (TPSA) is 24.9 Å². The highest BCUT2D eigenvalue weighted by atomic mass is 14.9. The fourth-order valence-corrected chi connectivity index (χ4v) is 1.38. The number of hydrogen-bond donors (Lipinski definition) is 1. The van der Waals surface area contributed by atoms with E-state index in [-0.39, 0.29) is 0 Å². The van der Waals surface area contributed by atoms with Crippen molar-refractivity contribution in [3.8, 4) is 12.3 Å². The Morgan fingerprint density at radius 3 is 3.00 bits per heavy atom. The molecule has 0 radical (unpaired) electrons. The van der Waals surface area contributed by atoms with Gasteiger partial charge in [0.25, 0.3) is 0 Å². The minimum absolute atomic E-state index is 0.431. The standard InChI is InChI=1S/C12H16N2/c1-3-4-7-11(13-2)10-12-8-5-6-9-14-12/h1,5-6,8-9,11,13H,4,7,10H2,2H3. The normalized spacial score (nSPS) is 12.0. The van der Waals surface area contributed by atoms with Crippen LogP contribution in [0.3, 0.4) is 0 Å². The van der Waals surface area contributed by atoms with Crippen LogP contribution in [0.1, 0.15) is 18.5 Å². The van der Waals surface area contributed by atoms with Gasteiger partial charge in [0, 0.05) is 30.8 Å². The zero-order chi connectivity index (χ0) is 10.2. The molecule has 2 heteroatoms. The largest absolute Gasteiger partial charge is 0.317 e. The summed E-state index contributed by atoms with van der Waals surface area (Å²) in [7, 11) is 1.96. The van der Waals surface area contributed by atoms with Gasteiger partial charge in [0.15, 0.2) is 0 Å². The Morgan fingerprint density at radius 2 is 2.43 bits per heavy atom. The molecule has 14 heavy (non-hydrogen) atoms. The summed E-state index contributed by atoms with van der Waals surface area (Å²) >= 11 is 0. The number of aromatic nitrogens is 1. The van der Waals surface area contributed by atoms with Crippen LogP contribution in [-0.4, -0.2) is 18.1 Å². The monoisotopic (exact) mass is 188 g/mol. The zero-order valence-electron chi connectivity index (χ0n) is 8.53. The first-order valence-electron chi connectivity index (χ1n) is 4.87. The van der Waals surface area contributed by atoms with Crippen LogP contribution in [0.25, 0.3) is 0 Å². The highest BCUT2D eigenvalue weighted by Crippen LogP contribution is 2.04. The van der Waals surface area contributed by atoms with E-state index in [1.807, 2.05) is 31.4 Å². The molecule has 0 aliphatic heterocycles. The molecule has 1 atom stereocenters. The van der Waals surface area contributed by atoms with Gasteiger partial charge in [-0.3, -0.25) is 4.98 Å². The van der Waals surface area contributed by atoms with Crippen molar-refractivity contribution >= 4 is 0 Å². The SMILES string of the molecule is C#CCCC(Cc1ccccn1)NC. The Bertz CT molecular complexity index is 287. The van der Waals surface area contributed by atoms with Gasteiger partial charge in [-0.25, -0.2) is 0 Å². The maximum atomic E-state index is 5.23. The van der Waals surface area contributed by atoms with Crippen LogP contribution in [0.15, 0.2) is 24.4 Å². The Hall–Kier alpha value is -1.33. The molecule has 0 aromatic carbocycles. The van der Waals surface area contributed by atoms with E-state index in [9.17, 15) is 0 Å². The molecule has 1 heterocycles. The summed E-state index contributed by atoms with van der Waals surface area (Å²) in [6, 6.07) is 6.41. The predicted octanol–water partition coefficient (Wildman–Crippen LogP) is 1.63. The summed E-state index contributed by atoms with van der Waals surface area (Å²) in [5, 5.41) is 3.25. The van der Waals surface area contributed by atoms with Crippen molar-refractivity contribution in [3.63, 3.8) is 0 Å². The molecular weight excluding hydrogens is 172 g/mol. The van der Waals surface area contributed by atoms with Gasteiger partial charge in [-0.15, -0.1) is 12.3 Å². The average Bonchev–Trinajstić information content (AvgIpc) is 2.25. The van der Waals surface area contributed by atoms with Gasteiger partial charge in [0.05, 0.1) is 0 Å². The molecule has 0 bridgehead atoms. The van der Waals surface area contributed by atoms with Crippen molar-refractivity contribution < 1.29 is 0 Å². The van der Waals surface area contributed by atoms with Gasteiger partial charge in [-0.2, -0.15) is 0 Å².